The maximum atomic E-state index is 11.7. The van der Waals surface area contributed by atoms with Crippen LogP contribution in [-0.2, 0) is 5.60 Å². The van der Waals surface area contributed by atoms with Crippen LogP contribution in [0, 0.1) is 17.8 Å². The number of nitrogens with zero attached hydrogens (tertiary/aromatic N) is 1. The first-order valence-corrected chi connectivity index (χ1v) is 8.53. The zero-order valence-corrected chi connectivity index (χ0v) is 14.4. The first-order chi connectivity index (χ1) is 10.4. The van der Waals surface area contributed by atoms with Crippen molar-refractivity contribution in [3.63, 3.8) is 0 Å². The van der Waals surface area contributed by atoms with Crippen LogP contribution in [0.2, 0.25) is 5.02 Å². The molecule has 1 N–H and O–H groups in total. The third-order valence-corrected chi connectivity index (χ3v) is 5.90. The van der Waals surface area contributed by atoms with Gasteiger partial charge in [0.1, 0.15) is 5.75 Å². The van der Waals surface area contributed by atoms with Gasteiger partial charge in [-0.05, 0) is 63.4 Å². The largest absolute Gasteiger partial charge is 0.497 e. The van der Waals surface area contributed by atoms with Gasteiger partial charge in [-0.3, -0.25) is 0 Å². The molecule has 0 spiro atoms. The van der Waals surface area contributed by atoms with Crippen LogP contribution in [-0.4, -0.2) is 37.8 Å². The van der Waals surface area contributed by atoms with E-state index in [9.17, 15) is 5.11 Å². The molecule has 2 saturated carbocycles. The summed E-state index contributed by atoms with van der Waals surface area (Å²) in [5, 5.41) is 12.3. The van der Waals surface area contributed by atoms with Crippen molar-refractivity contribution in [1.29, 1.82) is 0 Å². The number of halogens is 1. The summed E-state index contributed by atoms with van der Waals surface area (Å²) in [5.74, 6) is 2.20. The second-order valence-corrected chi connectivity index (χ2v) is 7.69. The molecular formula is C18H26ClNO2. The quantitative estimate of drug-likeness (QED) is 0.920. The number of aliphatic hydroxyl groups is 1. The van der Waals surface area contributed by atoms with Crippen molar-refractivity contribution in [2.45, 2.75) is 31.3 Å². The second kappa shape index (κ2) is 6.03. The molecule has 3 nitrogen and oxygen atoms in total. The van der Waals surface area contributed by atoms with Crippen LogP contribution in [0.25, 0.3) is 0 Å². The third-order valence-electron chi connectivity index (χ3n) is 5.57. The average molecular weight is 324 g/mol. The summed E-state index contributed by atoms with van der Waals surface area (Å²) in [4.78, 5) is 2.18. The van der Waals surface area contributed by atoms with Crippen molar-refractivity contribution < 1.29 is 9.84 Å². The number of hydrogen-bond acceptors (Lipinski definition) is 3. The molecule has 2 aliphatic carbocycles. The predicted octanol–water partition coefficient (Wildman–Crippen LogP) is 3.53. The molecule has 2 bridgehead atoms. The lowest BCUT2D eigenvalue weighted by molar-refractivity contribution is -0.0891. The van der Waals surface area contributed by atoms with Gasteiger partial charge < -0.3 is 14.7 Å². The average Bonchev–Trinajstić information content (AvgIpc) is 2.87. The molecule has 0 amide bonds. The van der Waals surface area contributed by atoms with Crippen LogP contribution >= 0.6 is 11.6 Å². The highest BCUT2D eigenvalue weighted by Gasteiger charge is 2.52. The van der Waals surface area contributed by atoms with Crippen molar-refractivity contribution in [2.24, 2.45) is 17.8 Å². The highest BCUT2D eigenvalue weighted by molar-refractivity contribution is 6.31. The summed E-state index contributed by atoms with van der Waals surface area (Å²) >= 11 is 6.46. The molecule has 4 atom stereocenters. The molecule has 22 heavy (non-hydrogen) atoms. The molecular weight excluding hydrogens is 298 g/mol. The molecule has 1 aromatic rings. The van der Waals surface area contributed by atoms with Crippen LogP contribution in [0.15, 0.2) is 18.2 Å². The topological polar surface area (TPSA) is 32.7 Å². The Balaban J connectivity index is 2.04. The van der Waals surface area contributed by atoms with E-state index in [2.05, 4.69) is 19.0 Å². The molecule has 0 heterocycles. The second-order valence-electron chi connectivity index (χ2n) is 7.28. The maximum Gasteiger partial charge on any atom is 0.119 e. The Morgan fingerprint density at radius 2 is 2.14 bits per heavy atom. The predicted molar refractivity (Wildman–Crippen MR) is 89.4 cm³/mol. The van der Waals surface area contributed by atoms with Crippen molar-refractivity contribution in [1.82, 2.24) is 4.90 Å². The van der Waals surface area contributed by atoms with Crippen LogP contribution in [0.3, 0.4) is 0 Å². The highest BCUT2D eigenvalue weighted by Crippen LogP contribution is 2.55. The standard InChI is InChI=1S/C18H26ClNO2/c1-20(2)11-16-13-5-4-12(8-13)10-18(16,21)15-9-14(22-3)6-7-17(15)19/h6-7,9,12-13,16,21H,4-5,8,10-11H2,1-3H3/t12-,13+,16-,18-/m0/s1. The van der Waals surface area contributed by atoms with Gasteiger partial charge in [0.05, 0.1) is 12.7 Å². The van der Waals surface area contributed by atoms with E-state index < -0.39 is 5.60 Å². The first kappa shape index (κ1) is 16.1. The van der Waals surface area contributed by atoms with Crippen LogP contribution in [0.1, 0.15) is 31.2 Å². The zero-order chi connectivity index (χ0) is 15.9. The van der Waals surface area contributed by atoms with Gasteiger partial charge in [0.15, 0.2) is 0 Å². The van der Waals surface area contributed by atoms with Gasteiger partial charge in [-0.25, -0.2) is 0 Å². The summed E-state index contributed by atoms with van der Waals surface area (Å²) in [5.41, 5.74) is -0.00283. The highest BCUT2D eigenvalue weighted by atomic mass is 35.5. The smallest absolute Gasteiger partial charge is 0.119 e. The number of methoxy groups -OCH3 is 1. The van der Waals surface area contributed by atoms with Gasteiger partial charge in [-0.2, -0.15) is 0 Å². The maximum absolute atomic E-state index is 11.7. The van der Waals surface area contributed by atoms with Gasteiger partial charge in [-0.15, -0.1) is 0 Å². The monoisotopic (exact) mass is 323 g/mol. The molecule has 2 aliphatic rings. The Labute approximate surface area is 138 Å². The number of hydrogen-bond donors (Lipinski definition) is 1. The molecule has 2 fully saturated rings. The van der Waals surface area contributed by atoms with Crippen molar-refractivity contribution in [3.05, 3.63) is 28.8 Å². The number of ether oxygens (including phenoxy) is 1. The fraction of sp³-hybridized carbons (Fsp3) is 0.667. The van der Waals surface area contributed by atoms with Crippen LogP contribution in [0.4, 0.5) is 0 Å². The van der Waals surface area contributed by atoms with E-state index >= 15 is 0 Å². The minimum absolute atomic E-state index is 0.228. The minimum Gasteiger partial charge on any atom is -0.497 e. The lowest BCUT2D eigenvalue weighted by Gasteiger charge is -2.46. The van der Waals surface area contributed by atoms with E-state index in [1.807, 2.05) is 18.2 Å². The number of benzene rings is 1. The molecule has 0 unspecified atom stereocenters. The summed E-state index contributed by atoms with van der Waals surface area (Å²) in [6, 6.07) is 5.63. The zero-order valence-electron chi connectivity index (χ0n) is 13.7. The Bertz CT molecular complexity index is 548. The molecule has 4 heteroatoms. The Morgan fingerprint density at radius 1 is 1.36 bits per heavy atom. The van der Waals surface area contributed by atoms with Crippen LogP contribution in [0.5, 0.6) is 5.75 Å². The summed E-state index contributed by atoms with van der Waals surface area (Å²) in [6.07, 6.45) is 4.53. The van der Waals surface area contributed by atoms with E-state index in [4.69, 9.17) is 16.3 Å². The molecule has 1 aromatic carbocycles. The third kappa shape index (κ3) is 2.75. The Hall–Kier alpha value is -0.770. The fourth-order valence-corrected chi connectivity index (χ4v) is 4.89. The Kier molecular flexibility index (Phi) is 4.41. The first-order valence-electron chi connectivity index (χ1n) is 8.15. The van der Waals surface area contributed by atoms with E-state index in [1.54, 1.807) is 7.11 Å². The SMILES string of the molecule is COc1ccc(Cl)c([C@@]2(O)C[C@H]3CC[C@H](C3)[C@@H]2CN(C)C)c1. The number of fused-ring (bicyclic) bond motifs is 2. The lowest BCUT2D eigenvalue weighted by atomic mass is 9.66. The molecule has 0 saturated heterocycles. The normalized spacial score (nSPS) is 34.2. The van der Waals surface area contributed by atoms with Crippen LogP contribution < -0.4 is 4.74 Å². The molecule has 122 valence electrons. The summed E-state index contributed by atoms with van der Waals surface area (Å²) in [7, 11) is 5.81. The molecule has 3 rings (SSSR count). The van der Waals surface area contributed by atoms with E-state index in [1.165, 1.54) is 19.3 Å². The molecule has 0 aromatic heterocycles. The van der Waals surface area contributed by atoms with E-state index in [-0.39, 0.29) is 5.92 Å². The summed E-state index contributed by atoms with van der Waals surface area (Å²) < 4.78 is 5.35. The van der Waals surface area contributed by atoms with Crippen molar-refractivity contribution >= 4 is 11.6 Å². The summed E-state index contributed by atoms with van der Waals surface area (Å²) in [6.45, 7) is 0.890. The minimum atomic E-state index is -0.847. The van der Waals surface area contributed by atoms with Gasteiger partial charge in [-0.1, -0.05) is 18.0 Å². The van der Waals surface area contributed by atoms with Gasteiger partial charge in [0, 0.05) is 23.0 Å². The van der Waals surface area contributed by atoms with Gasteiger partial charge in [0.2, 0.25) is 0 Å². The molecule has 0 aliphatic heterocycles. The van der Waals surface area contributed by atoms with Crippen molar-refractivity contribution in [2.75, 3.05) is 27.7 Å². The number of rotatable bonds is 4. The van der Waals surface area contributed by atoms with Gasteiger partial charge in [0.25, 0.3) is 0 Å². The molecule has 0 radical (unpaired) electrons. The Morgan fingerprint density at radius 3 is 2.82 bits per heavy atom. The van der Waals surface area contributed by atoms with Gasteiger partial charge >= 0.3 is 0 Å². The lowest BCUT2D eigenvalue weighted by Crippen LogP contribution is -2.47. The van der Waals surface area contributed by atoms with Crippen molar-refractivity contribution in [3.8, 4) is 5.75 Å². The van der Waals surface area contributed by atoms with E-state index in [0.29, 0.717) is 16.9 Å². The van der Waals surface area contributed by atoms with E-state index in [0.717, 1.165) is 24.3 Å². The fourth-order valence-electron chi connectivity index (χ4n) is 4.61.